The fraction of sp³-hybridized carbons (Fsp3) is 0.304. The third-order valence-corrected chi connectivity index (χ3v) is 5.19. The zero-order valence-electron chi connectivity index (χ0n) is 17.6. The van der Waals surface area contributed by atoms with E-state index in [1.165, 1.54) is 54.5 Å². The number of ether oxygens (including phenoxy) is 1. The van der Waals surface area contributed by atoms with Gasteiger partial charge in [0.15, 0.2) is 0 Å². The van der Waals surface area contributed by atoms with E-state index in [1.807, 2.05) is 19.0 Å². The summed E-state index contributed by atoms with van der Waals surface area (Å²) in [6.45, 7) is 0.967. The van der Waals surface area contributed by atoms with Gasteiger partial charge in [-0.05, 0) is 56.9 Å². The molecule has 1 fully saturated rings. The molecule has 1 unspecified atom stereocenters. The zero-order valence-corrected chi connectivity index (χ0v) is 17.6. The average Bonchev–Trinajstić information content (AvgIpc) is 2.98. The van der Waals surface area contributed by atoms with Crippen molar-refractivity contribution in [3.63, 3.8) is 0 Å². The zero-order chi connectivity index (χ0) is 22.7. The lowest BCUT2D eigenvalue weighted by atomic mass is 9.95. The van der Waals surface area contributed by atoms with Crippen molar-refractivity contribution in [2.24, 2.45) is 0 Å². The number of hydrogen-bond acceptors (Lipinski definition) is 6. The number of phenolic OH excluding ortho intramolecular Hbond substituents is 1. The monoisotopic (exact) mass is 428 g/mol. The number of likely N-dealkylation sites (tertiary alicyclic amines) is 1. The molecule has 31 heavy (non-hydrogen) atoms. The van der Waals surface area contributed by atoms with Crippen LogP contribution in [0.1, 0.15) is 23.6 Å². The van der Waals surface area contributed by atoms with Crippen molar-refractivity contribution in [2.75, 3.05) is 34.3 Å². The molecule has 1 amide bonds. The molecule has 1 aliphatic rings. The molecule has 0 spiro atoms. The molecule has 2 N–H and O–H groups in total. The molecule has 1 heterocycles. The molecule has 3 rings (SSSR count). The van der Waals surface area contributed by atoms with Gasteiger partial charge in [0, 0.05) is 12.6 Å². The van der Waals surface area contributed by atoms with Gasteiger partial charge in [0.2, 0.25) is 0 Å². The van der Waals surface area contributed by atoms with Gasteiger partial charge in [-0.15, -0.1) is 0 Å². The molecule has 7 nitrogen and oxygen atoms in total. The van der Waals surface area contributed by atoms with Crippen LogP contribution in [-0.2, 0) is 9.59 Å². The van der Waals surface area contributed by atoms with Crippen LogP contribution in [0.5, 0.6) is 11.5 Å². The summed E-state index contributed by atoms with van der Waals surface area (Å²) in [6.07, 6.45) is 0.603. The Morgan fingerprint density at radius 1 is 1.16 bits per heavy atom. The maximum Gasteiger partial charge on any atom is 0.295 e. The van der Waals surface area contributed by atoms with Gasteiger partial charge in [0.05, 0.1) is 24.3 Å². The highest BCUT2D eigenvalue weighted by molar-refractivity contribution is 6.46. The maximum atomic E-state index is 13.5. The summed E-state index contributed by atoms with van der Waals surface area (Å²) >= 11 is 0. The van der Waals surface area contributed by atoms with E-state index in [2.05, 4.69) is 0 Å². The third-order valence-electron chi connectivity index (χ3n) is 5.19. The van der Waals surface area contributed by atoms with Crippen molar-refractivity contribution >= 4 is 17.4 Å². The quantitative estimate of drug-likeness (QED) is 0.400. The number of amides is 1. The number of Topliss-reactive ketones (excluding diaryl/α,β-unsaturated/α-hetero) is 1. The SMILES string of the molecule is COc1ccc(/C(O)=C2\C(=O)C(=O)N(CCCN(C)C)C2c2ccc(F)cc2)c(O)c1. The van der Waals surface area contributed by atoms with Crippen molar-refractivity contribution in [1.29, 1.82) is 0 Å². The van der Waals surface area contributed by atoms with Gasteiger partial charge in [0.25, 0.3) is 11.7 Å². The maximum absolute atomic E-state index is 13.5. The van der Waals surface area contributed by atoms with Crippen molar-refractivity contribution in [1.82, 2.24) is 9.80 Å². The Bertz CT molecular complexity index is 1020. The smallest absolute Gasteiger partial charge is 0.295 e. The molecule has 0 aliphatic carbocycles. The minimum absolute atomic E-state index is 0.000738. The summed E-state index contributed by atoms with van der Waals surface area (Å²) in [4.78, 5) is 29.1. The summed E-state index contributed by atoms with van der Waals surface area (Å²) in [5.41, 5.74) is 0.334. The number of ketones is 1. The number of aliphatic hydroxyl groups excluding tert-OH is 1. The lowest BCUT2D eigenvalue weighted by molar-refractivity contribution is -0.139. The molecule has 1 saturated heterocycles. The van der Waals surface area contributed by atoms with E-state index in [4.69, 9.17) is 4.74 Å². The molecule has 8 heteroatoms. The topological polar surface area (TPSA) is 90.3 Å². The lowest BCUT2D eigenvalue weighted by Gasteiger charge is -2.26. The van der Waals surface area contributed by atoms with Gasteiger partial charge in [0.1, 0.15) is 23.1 Å². The summed E-state index contributed by atoms with van der Waals surface area (Å²) in [5, 5.41) is 21.3. The predicted molar refractivity (Wildman–Crippen MR) is 113 cm³/mol. The van der Waals surface area contributed by atoms with E-state index < -0.39 is 29.3 Å². The number of hydrogen-bond donors (Lipinski definition) is 2. The van der Waals surface area contributed by atoms with Gasteiger partial charge in [-0.3, -0.25) is 9.59 Å². The summed E-state index contributed by atoms with van der Waals surface area (Å²) < 4.78 is 18.6. The first-order valence-electron chi connectivity index (χ1n) is 9.80. The Balaban J connectivity index is 2.11. The minimum Gasteiger partial charge on any atom is -0.507 e. The molecule has 0 saturated carbocycles. The highest BCUT2D eigenvalue weighted by Crippen LogP contribution is 2.41. The number of halogens is 1. The van der Waals surface area contributed by atoms with E-state index >= 15 is 0 Å². The van der Waals surface area contributed by atoms with E-state index in [1.54, 1.807) is 0 Å². The number of phenols is 1. The molecular weight excluding hydrogens is 403 g/mol. The number of rotatable bonds is 7. The van der Waals surface area contributed by atoms with Gasteiger partial charge < -0.3 is 24.7 Å². The molecule has 0 aromatic heterocycles. The summed E-state index contributed by atoms with van der Waals surface area (Å²) in [5.74, 6) is -2.49. The lowest BCUT2D eigenvalue weighted by Crippen LogP contribution is -2.32. The van der Waals surface area contributed by atoms with Crippen molar-refractivity contribution in [2.45, 2.75) is 12.5 Å². The Morgan fingerprint density at radius 2 is 1.84 bits per heavy atom. The van der Waals surface area contributed by atoms with Crippen LogP contribution in [0.15, 0.2) is 48.0 Å². The van der Waals surface area contributed by atoms with Gasteiger partial charge >= 0.3 is 0 Å². The fourth-order valence-corrected chi connectivity index (χ4v) is 3.64. The number of aromatic hydroxyl groups is 1. The van der Waals surface area contributed by atoms with Crippen LogP contribution in [0, 0.1) is 5.82 Å². The van der Waals surface area contributed by atoms with E-state index in [-0.39, 0.29) is 23.4 Å². The normalized spacial score (nSPS) is 18.1. The number of carbonyl (C=O) groups is 2. The number of methoxy groups -OCH3 is 1. The van der Waals surface area contributed by atoms with Crippen molar-refractivity contribution in [3.05, 3.63) is 65.0 Å². The predicted octanol–water partition coefficient (Wildman–Crippen LogP) is 2.91. The molecule has 1 atom stereocenters. The van der Waals surface area contributed by atoms with E-state index in [0.717, 1.165) is 0 Å². The number of benzene rings is 2. The van der Waals surface area contributed by atoms with Crippen LogP contribution < -0.4 is 4.74 Å². The molecule has 164 valence electrons. The van der Waals surface area contributed by atoms with E-state index in [0.29, 0.717) is 24.3 Å². The second-order valence-electron chi connectivity index (χ2n) is 7.58. The van der Waals surface area contributed by atoms with Crippen LogP contribution in [0.25, 0.3) is 5.76 Å². The van der Waals surface area contributed by atoms with Crippen molar-refractivity contribution < 1.29 is 28.9 Å². The first-order chi connectivity index (χ1) is 14.7. The standard InChI is InChI=1S/C23H25FN2O5/c1-25(2)11-4-12-26-20(14-5-7-15(24)8-6-14)19(22(29)23(26)30)21(28)17-10-9-16(31-3)13-18(17)27/h5-10,13,20,27-28H,4,11-12H2,1-3H3/b21-19+. The number of nitrogens with zero attached hydrogens (tertiary/aromatic N) is 2. The fourth-order valence-electron chi connectivity index (χ4n) is 3.64. The van der Waals surface area contributed by atoms with Gasteiger partial charge in [-0.2, -0.15) is 0 Å². The van der Waals surface area contributed by atoms with Crippen LogP contribution in [0.4, 0.5) is 4.39 Å². The van der Waals surface area contributed by atoms with E-state index in [9.17, 15) is 24.2 Å². The molecule has 0 radical (unpaired) electrons. The molecule has 2 aromatic rings. The van der Waals surface area contributed by atoms with Crippen LogP contribution in [0.3, 0.4) is 0 Å². The van der Waals surface area contributed by atoms with Gasteiger partial charge in [-0.1, -0.05) is 12.1 Å². The third kappa shape index (κ3) is 4.54. The molecule has 1 aliphatic heterocycles. The highest BCUT2D eigenvalue weighted by Gasteiger charge is 2.46. The van der Waals surface area contributed by atoms with Crippen LogP contribution >= 0.6 is 0 Å². The van der Waals surface area contributed by atoms with Gasteiger partial charge in [-0.25, -0.2) is 4.39 Å². The second-order valence-corrected chi connectivity index (χ2v) is 7.58. The Labute approximate surface area is 180 Å². The van der Waals surface area contributed by atoms with Crippen molar-refractivity contribution in [3.8, 4) is 11.5 Å². The van der Waals surface area contributed by atoms with Crippen LogP contribution in [-0.4, -0.2) is 66.0 Å². The number of aliphatic hydroxyl groups is 1. The Morgan fingerprint density at radius 3 is 2.42 bits per heavy atom. The first-order valence-corrected chi connectivity index (χ1v) is 9.80. The average molecular weight is 428 g/mol. The highest BCUT2D eigenvalue weighted by atomic mass is 19.1. The first kappa shape index (κ1) is 22.3. The Hall–Kier alpha value is -3.39. The number of carbonyl (C=O) groups excluding carboxylic acids is 2. The Kier molecular flexibility index (Phi) is 6.60. The summed E-state index contributed by atoms with van der Waals surface area (Å²) in [6, 6.07) is 8.76. The molecule has 0 bridgehead atoms. The largest absolute Gasteiger partial charge is 0.507 e. The minimum atomic E-state index is -0.899. The summed E-state index contributed by atoms with van der Waals surface area (Å²) in [7, 11) is 5.23. The van der Waals surface area contributed by atoms with Crippen LogP contribution in [0.2, 0.25) is 0 Å². The molecule has 2 aromatic carbocycles. The molecular formula is C23H25FN2O5. The second kappa shape index (κ2) is 9.18.